The predicted octanol–water partition coefficient (Wildman–Crippen LogP) is 1.73. The van der Waals surface area contributed by atoms with Crippen molar-refractivity contribution in [3.8, 4) is 17.1 Å². The summed E-state index contributed by atoms with van der Waals surface area (Å²) in [6.45, 7) is 5.32. The van der Waals surface area contributed by atoms with Crippen LogP contribution in [0, 0.1) is 0 Å². The van der Waals surface area contributed by atoms with Gasteiger partial charge in [0.1, 0.15) is 0 Å². The summed E-state index contributed by atoms with van der Waals surface area (Å²) in [5, 5.41) is 2.85. The van der Waals surface area contributed by atoms with E-state index in [-0.39, 0.29) is 5.91 Å². The molecule has 7 nitrogen and oxygen atoms in total. The molecule has 2 aromatic heterocycles. The fraction of sp³-hybridized carbons (Fsp3) is 0.316. The van der Waals surface area contributed by atoms with E-state index < -0.39 is 0 Å². The van der Waals surface area contributed by atoms with Crippen LogP contribution < -0.4 is 10.1 Å². The highest BCUT2D eigenvalue weighted by atomic mass is 16.5. The van der Waals surface area contributed by atoms with Gasteiger partial charge >= 0.3 is 0 Å². The van der Waals surface area contributed by atoms with Gasteiger partial charge in [-0.05, 0) is 12.5 Å². The van der Waals surface area contributed by atoms with Crippen molar-refractivity contribution in [2.45, 2.75) is 13.5 Å². The molecule has 0 saturated carbocycles. The number of benzene rings is 1. The Kier molecular flexibility index (Phi) is 4.53. The van der Waals surface area contributed by atoms with Crippen LogP contribution in [-0.2, 0) is 11.3 Å². The summed E-state index contributed by atoms with van der Waals surface area (Å²) in [6, 6.07) is 8.38. The van der Waals surface area contributed by atoms with E-state index in [1.807, 2.05) is 23.7 Å². The number of carbonyl (C=O) groups is 1. The number of hydrogen-bond acceptors (Lipinski definition) is 5. The molecule has 0 spiro atoms. The minimum Gasteiger partial charge on any atom is -0.475 e. The average molecular weight is 351 g/mol. The van der Waals surface area contributed by atoms with Gasteiger partial charge in [0.15, 0.2) is 0 Å². The van der Waals surface area contributed by atoms with Gasteiger partial charge in [0.25, 0.3) is 5.88 Å². The van der Waals surface area contributed by atoms with Crippen LogP contribution in [0.2, 0.25) is 0 Å². The van der Waals surface area contributed by atoms with E-state index in [9.17, 15) is 4.79 Å². The van der Waals surface area contributed by atoms with E-state index in [4.69, 9.17) is 4.74 Å². The zero-order valence-corrected chi connectivity index (χ0v) is 14.7. The number of nitrogens with zero attached hydrogens (tertiary/aromatic N) is 4. The largest absolute Gasteiger partial charge is 0.475 e. The van der Waals surface area contributed by atoms with Gasteiger partial charge in [-0.15, -0.1) is 0 Å². The lowest BCUT2D eigenvalue weighted by Crippen LogP contribution is -2.47. The van der Waals surface area contributed by atoms with Crippen molar-refractivity contribution in [3.05, 3.63) is 48.4 Å². The summed E-state index contributed by atoms with van der Waals surface area (Å²) >= 11 is 0. The van der Waals surface area contributed by atoms with Crippen LogP contribution in [0.25, 0.3) is 16.9 Å². The van der Waals surface area contributed by atoms with Gasteiger partial charge in [0.2, 0.25) is 11.6 Å². The number of amides is 1. The van der Waals surface area contributed by atoms with Gasteiger partial charge < -0.3 is 10.1 Å². The lowest BCUT2D eigenvalue weighted by molar-refractivity contribution is -0.124. The summed E-state index contributed by atoms with van der Waals surface area (Å²) in [7, 11) is 0. The van der Waals surface area contributed by atoms with Crippen LogP contribution >= 0.6 is 0 Å². The molecule has 3 heterocycles. The minimum absolute atomic E-state index is 0.0947. The standard InChI is InChI=1S/C19H21N5O2/c1-2-26-19-18-22-11-16(24(18)10-8-21-19)15-5-3-14(4-6-15)12-23-9-7-20-17(25)13-23/h3-6,8,10-11H,2,7,9,12-13H2,1H3,(H,20,25). The first kappa shape index (κ1) is 16.5. The van der Waals surface area contributed by atoms with Crippen LogP contribution in [0.15, 0.2) is 42.9 Å². The molecule has 1 aliphatic heterocycles. The van der Waals surface area contributed by atoms with E-state index in [1.54, 1.807) is 6.20 Å². The topological polar surface area (TPSA) is 71.8 Å². The van der Waals surface area contributed by atoms with Crippen molar-refractivity contribution in [1.82, 2.24) is 24.6 Å². The highest BCUT2D eigenvalue weighted by Crippen LogP contribution is 2.25. The van der Waals surface area contributed by atoms with Crippen LogP contribution in [0.4, 0.5) is 0 Å². The van der Waals surface area contributed by atoms with E-state index in [1.165, 1.54) is 5.56 Å². The van der Waals surface area contributed by atoms with E-state index >= 15 is 0 Å². The summed E-state index contributed by atoms with van der Waals surface area (Å²) < 4.78 is 7.54. The number of carbonyl (C=O) groups excluding carboxylic acids is 1. The van der Waals surface area contributed by atoms with Crippen LogP contribution in [0.3, 0.4) is 0 Å². The van der Waals surface area contributed by atoms with Gasteiger partial charge in [-0.25, -0.2) is 9.97 Å². The maximum absolute atomic E-state index is 11.5. The number of nitrogens with one attached hydrogen (secondary N) is 1. The Balaban J connectivity index is 1.56. The number of rotatable bonds is 5. The number of ether oxygens (including phenoxy) is 1. The summed E-state index contributed by atoms with van der Waals surface area (Å²) in [4.78, 5) is 22.4. The van der Waals surface area contributed by atoms with Crippen molar-refractivity contribution in [1.29, 1.82) is 0 Å². The van der Waals surface area contributed by atoms with Crippen LogP contribution in [0.5, 0.6) is 5.88 Å². The zero-order chi connectivity index (χ0) is 17.9. The predicted molar refractivity (Wildman–Crippen MR) is 97.9 cm³/mol. The molecule has 7 heteroatoms. The first-order valence-corrected chi connectivity index (χ1v) is 8.78. The molecule has 0 atom stereocenters. The Labute approximate surface area is 151 Å². The maximum atomic E-state index is 11.5. The van der Waals surface area contributed by atoms with Crippen molar-refractivity contribution < 1.29 is 9.53 Å². The van der Waals surface area contributed by atoms with Gasteiger partial charge in [-0.2, -0.15) is 0 Å². The second kappa shape index (κ2) is 7.13. The van der Waals surface area contributed by atoms with Crippen LogP contribution in [-0.4, -0.2) is 51.4 Å². The number of hydrogen-bond donors (Lipinski definition) is 1. The van der Waals surface area contributed by atoms with E-state index in [0.29, 0.717) is 24.7 Å². The third-order valence-corrected chi connectivity index (χ3v) is 4.45. The number of imidazole rings is 1. The van der Waals surface area contributed by atoms with Gasteiger partial charge in [-0.1, -0.05) is 24.3 Å². The van der Waals surface area contributed by atoms with Crippen molar-refractivity contribution in [2.24, 2.45) is 0 Å². The van der Waals surface area contributed by atoms with Crippen molar-refractivity contribution >= 4 is 11.6 Å². The molecule has 0 aliphatic carbocycles. The third-order valence-electron chi connectivity index (χ3n) is 4.45. The first-order chi connectivity index (χ1) is 12.7. The maximum Gasteiger partial charge on any atom is 0.258 e. The molecule has 1 aromatic carbocycles. The fourth-order valence-corrected chi connectivity index (χ4v) is 3.21. The normalized spacial score (nSPS) is 15.2. The molecule has 1 N–H and O–H groups in total. The molecule has 3 aromatic rings. The quantitative estimate of drug-likeness (QED) is 0.758. The monoisotopic (exact) mass is 351 g/mol. The van der Waals surface area contributed by atoms with Crippen molar-refractivity contribution in [2.75, 3.05) is 26.2 Å². The smallest absolute Gasteiger partial charge is 0.258 e. The number of aromatic nitrogens is 3. The first-order valence-electron chi connectivity index (χ1n) is 8.78. The summed E-state index contributed by atoms with van der Waals surface area (Å²) in [5.74, 6) is 0.638. The number of piperazine rings is 1. The molecular weight excluding hydrogens is 330 g/mol. The highest BCUT2D eigenvalue weighted by molar-refractivity contribution is 5.78. The Morgan fingerprint density at radius 3 is 2.85 bits per heavy atom. The molecule has 134 valence electrons. The molecular formula is C19H21N5O2. The molecule has 1 saturated heterocycles. The van der Waals surface area contributed by atoms with E-state index in [2.05, 4.69) is 44.5 Å². The second-order valence-electron chi connectivity index (χ2n) is 6.26. The molecule has 0 bridgehead atoms. The van der Waals surface area contributed by atoms with Crippen molar-refractivity contribution in [3.63, 3.8) is 0 Å². The Morgan fingerprint density at radius 2 is 2.08 bits per heavy atom. The van der Waals surface area contributed by atoms with Crippen LogP contribution in [0.1, 0.15) is 12.5 Å². The van der Waals surface area contributed by atoms with Gasteiger partial charge in [0.05, 0.1) is 25.0 Å². The zero-order valence-electron chi connectivity index (χ0n) is 14.7. The Morgan fingerprint density at radius 1 is 1.23 bits per heavy atom. The fourth-order valence-electron chi connectivity index (χ4n) is 3.21. The lowest BCUT2D eigenvalue weighted by atomic mass is 10.1. The molecule has 0 radical (unpaired) electrons. The molecule has 1 aliphatic rings. The minimum atomic E-state index is 0.0947. The third kappa shape index (κ3) is 3.25. The number of fused-ring (bicyclic) bond motifs is 1. The Hall–Kier alpha value is -2.93. The molecule has 1 amide bonds. The SMILES string of the molecule is CCOc1nccn2c(-c3ccc(CN4CCNC(=O)C4)cc3)cnc12. The second-order valence-corrected chi connectivity index (χ2v) is 6.26. The molecule has 4 rings (SSSR count). The molecule has 0 unspecified atom stereocenters. The van der Waals surface area contributed by atoms with Gasteiger partial charge in [-0.3, -0.25) is 14.1 Å². The molecule has 1 fully saturated rings. The Bertz CT molecular complexity index is 919. The highest BCUT2D eigenvalue weighted by Gasteiger charge is 2.16. The average Bonchev–Trinajstić information content (AvgIpc) is 3.08. The summed E-state index contributed by atoms with van der Waals surface area (Å²) in [5.41, 5.74) is 3.97. The lowest BCUT2D eigenvalue weighted by Gasteiger charge is -2.26. The van der Waals surface area contributed by atoms with Gasteiger partial charge in [0, 0.05) is 37.6 Å². The van der Waals surface area contributed by atoms with E-state index in [0.717, 1.165) is 30.9 Å². The summed E-state index contributed by atoms with van der Waals surface area (Å²) in [6.07, 6.45) is 5.45. The molecule has 26 heavy (non-hydrogen) atoms.